The molecule has 0 fully saturated rings. The van der Waals surface area contributed by atoms with Gasteiger partial charge in [-0.1, -0.05) is 20.3 Å². The van der Waals surface area contributed by atoms with Crippen LogP contribution in [-0.2, 0) is 13.0 Å². The maximum atomic E-state index is 4.24. The minimum Gasteiger partial charge on any atom is -0.312 e. The molecule has 4 heteroatoms. The number of aromatic nitrogens is 3. The molecule has 1 aromatic heterocycles. The molecule has 4 nitrogen and oxygen atoms in total. The van der Waals surface area contributed by atoms with Crippen LogP contribution in [0.4, 0.5) is 0 Å². The standard InChI is InChI=1S/C12H22N4/c1-3-4-10(2)7-13-11-5-6-12-14-9-15-16(12)8-11/h9-11,13H,3-8H2,1-2H3. The molecule has 0 bridgehead atoms. The highest BCUT2D eigenvalue weighted by molar-refractivity contribution is 4.92. The lowest BCUT2D eigenvalue weighted by Gasteiger charge is -2.25. The maximum absolute atomic E-state index is 4.24. The number of hydrogen-bond acceptors (Lipinski definition) is 3. The Hall–Kier alpha value is -0.900. The van der Waals surface area contributed by atoms with E-state index in [1.54, 1.807) is 6.33 Å². The Morgan fingerprint density at radius 2 is 2.50 bits per heavy atom. The normalized spacial score (nSPS) is 21.8. The highest BCUT2D eigenvalue weighted by atomic mass is 15.3. The van der Waals surface area contributed by atoms with E-state index in [9.17, 15) is 0 Å². The topological polar surface area (TPSA) is 42.7 Å². The summed E-state index contributed by atoms with van der Waals surface area (Å²) >= 11 is 0. The van der Waals surface area contributed by atoms with Crippen molar-refractivity contribution in [2.24, 2.45) is 5.92 Å². The average molecular weight is 222 g/mol. The highest BCUT2D eigenvalue weighted by Gasteiger charge is 2.19. The zero-order valence-electron chi connectivity index (χ0n) is 10.3. The van der Waals surface area contributed by atoms with Gasteiger partial charge in [-0.3, -0.25) is 0 Å². The largest absolute Gasteiger partial charge is 0.312 e. The SMILES string of the molecule is CCCC(C)CNC1CCc2ncnn2C1. The van der Waals surface area contributed by atoms with Crippen molar-refractivity contribution in [3.05, 3.63) is 12.2 Å². The van der Waals surface area contributed by atoms with Gasteiger partial charge < -0.3 is 5.32 Å². The molecule has 2 atom stereocenters. The van der Waals surface area contributed by atoms with Crippen molar-refractivity contribution in [2.45, 2.75) is 52.1 Å². The fraction of sp³-hybridized carbons (Fsp3) is 0.833. The molecule has 0 saturated heterocycles. The molecule has 0 aliphatic carbocycles. The second-order valence-corrected chi connectivity index (χ2v) is 4.90. The molecule has 0 saturated carbocycles. The van der Waals surface area contributed by atoms with Gasteiger partial charge in [-0.05, 0) is 25.3 Å². The zero-order valence-corrected chi connectivity index (χ0v) is 10.3. The van der Waals surface area contributed by atoms with Gasteiger partial charge in [0.2, 0.25) is 0 Å². The minimum absolute atomic E-state index is 0.577. The first kappa shape index (κ1) is 11.6. The van der Waals surface area contributed by atoms with Gasteiger partial charge in [0.15, 0.2) is 0 Å². The lowest BCUT2D eigenvalue weighted by atomic mass is 10.0. The number of hydrogen-bond donors (Lipinski definition) is 1. The van der Waals surface area contributed by atoms with Crippen LogP contribution < -0.4 is 5.32 Å². The Morgan fingerprint density at radius 3 is 3.31 bits per heavy atom. The Bertz CT molecular complexity index is 321. The van der Waals surface area contributed by atoms with Crippen LogP contribution in [-0.4, -0.2) is 27.4 Å². The van der Waals surface area contributed by atoms with E-state index >= 15 is 0 Å². The van der Waals surface area contributed by atoms with E-state index in [-0.39, 0.29) is 0 Å². The molecular formula is C12H22N4. The van der Waals surface area contributed by atoms with Gasteiger partial charge in [0, 0.05) is 12.5 Å². The second kappa shape index (κ2) is 5.43. The molecule has 1 aromatic rings. The second-order valence-electron chi connectivity index (χ2n) is 4.90. The lowest BCUT2D eigenvalue weighted by molar-refractivity contribution is 0.335. The molecule has 2 heterocycles. The molecule has 1 aliphatic rings. The van der Waals surface area contributed by atoms with E-state index in [0.717, 1.165) is 31.3 Å². The van der Waals surface area contributed by atoms with Gasteiger partial charge in [0.25, 0.3) is 0 Å². The van der Waals surface area contributed by atoms with Crippen LogP contribution in [0.2, 0.25) is 0 Å². The summed E-state index contributed by atoms with van der Waals surface area (Å²) in [6.07, 6.45) is 6.50. The van der Waals surface area contributed by atoms with Gasteiger partial charge in [0.1, 0.15) is 12.2 Å². The average Bonchev–Trinajstić information content (AvgIpc) is 2.74. The molecule has 16 heavy (non-hydrogen) atoms. The van der Waals surface area contributed by atoms with Crippen LogP contribution in [0.3, 0.4) is 0 Å². The Kier molecular flexibility index (Phi) is 3.93. The first-order valence-electron chi connectivity index (χ1n) is 6.39. The van der Waals surface area contributed by atoms with Crippen molar-refractivity contribution < 1.29 is 0 Å². The smallest absolute Gasteiger partial charge is 0.138 e. The molecule has 0 amide bonds. The van der Waals surface area contributed by atoms with Crippen molar-refractivity contribution in [3.8, 4) is 0 Å². The van der Waals surface area contributed by atoms with Gasteiger partial charge in [-0.2, -0.15) is 5.10 Å². The van der Waals surface area contributed by atoms with E-state index in [0.29, 0.717) is 6.04 Å². The number of fused-ring (bicyclic) bond motifs is 1. The highest BCUT2D eigenvalue weighted by Crippen LogP contribution is 2.12. The van der Waals surface area contributed by atoms with Crippen LogP contribution in [0.25, 0.3) is 0 Å². The van der Waals surface area contributed by atoms with Gasteiger partial charge >= 0.3 is 0 Å². The van der Waals surface area contributed by atoms with E-state index in [4.69, 9.17) is 0 Å². The van der Waals surface area contributed by atoms with E-state index in [1.165, 1.54) is 19.3 Å². The Labute approximate surface area is 97.5 Å². The maximum Gasteiger partial charge on any atom is 0.138 e. The predicted octanol–water partition coefficient (Wildman–Crippen LogP) is 1.62. The quantitative estimate of drug-likeness (QED) is 0.823. The van der Waals surface area contributed by atoms with Gasteiger partial charge in [-0.25, -0.2) is 9.67 Å². The summed E-state index contributed by atoms with van der Waals surface area (Å²) in [5, 5.41) is 7.88. The molecule has 0 radical (unpaired) electrons. The van der Waals surface area contributed by atoms with Crippen molar-refractivity contribution >= 4 is 0 Å². The first-order chi connectivity index (χ1) is 7.79. The van der Waals surface area contributed by atoms with E-state index in [2.05, 4.69) is 29.2 Å². The third-order valence-corrected chi connectivity index (χ3v) is 3.34. The van der Waals surface area contributed by atoms with Crippen LogP contribution in [0.5, 0.6) is 0 Å². The van der Waals surface area contributed by atoms with Gasteiger partial charge in [-0.15, -0.1) is 0 Å². The Morgan fingerprint density at radius 1 is 1.62 bits per heavy atom. The Balaban J connectivity index is 1.77. The van der Waals surface area contributed by atoms with Crippen LogP contribution in [0, 0.1) is 5.92 Å². The van der Waals surface area contributed by atoms with E-state index < -0.39 is 0 Å². The van der Waals surface area contributed by atoms with Crippen molar-refractivity contribution in [1.29, 1.82) is 0 Å². The molecular weight excluding hydrogens is 200 g/mol. The number of rotatable bonds is 5. The minimum atomic E-state index is 0.577. The predicted molar refractivity (Wildman–Crippen MR) is 64.2 cm³/mol. The van der Waals surface area contributed by atoms with Crippen molar-refractivity contribution in [1.82, 2.24) is 20.1 Å². The summed E-state index contributed by atoms with van der Waals surface area (Å²) in [6, 6.07) is 0.577. The zero-order chi connectivity index (χ0) is 11.4. The third-order valence-electron chi connectivity index (χ3n) is 3.34. The summed E-state index contributed by atoms with van der Waals surface area (Å²) in [5.41, 5.74) is 0. The number of nitrogens with zero attached hydrogens (tertiary/aromatic N) is 3. The monoisotopic (exact) mass is 222 g/mol. The summed E-state index contributed by atoms with van der Waals surface area (Å²) in [7, 11) is 0. The van der Waals surface area contributed by atoms with Crippen LogP contribution in [0.1, 0.15) is 38.9 Å². The molecule has 1 aliphatic heterocycles. The van der Waals surface area contributed by atoms with Gasteiger partial charge in [0.05, 0.1) is 6.54 Å². The van der Waals surface area contributed by atoms with E-state index in [1.807, 2.05) is 4.68 Å². The molecule has 2 rings (SSSR count). The van der Waals surface area contributed by atoms with Crippen LogP contribution >= 0.6 is 0 Å². The number of aryl methyl sites for hydroxylation is 1. The molecule has 1 N–H and O–H groups in total. The van der Waals surface area contributed by atoms with Crippen molar-refractivity contribution in [2.75, 3.05) is 6.54 Å². The molecule has 90 valence electrons. The molecule has 2 unspecified atom stereocenters. The number of nitrogens with one attached hydrogen (secondary N) is 1. The molecule has 0 aromatic carbocycles. The summed E-state index contributed by atoms with van der Waals surface area (Å²) in [5.74, 6) is 1.92. The summed E-state index contributed by atoms with van der Waals surface area (Å²) < 4.78 is 2.03. The molecule has 0 spiro atoms. The lowest BCUT2D eigenvalue weighted by Crippen LogP contribution is -2.39. The van der Waals surface area contributed by atoms with Crippen LogP contribution in [0.15, 0.2) is 6.33 Å². The summed E-state index contributed by atoms with van der Waals surface area (Å²) in [4.78, 5) is 4.24. The fourth-order valence-corrected chi connectivity index (χ4v) is 2.37. The fourth-order valence-electron chi connectivity index (χ4n) is 2.37. The first-order valence-corrected chi connectivity index (χ1v) is 6.39. The third kappa shape index (κ3) is 2.82. The summed E-state index contributed by atoms with van der Waals surface area (Å²) in [6.45, 7) is 6.68. The van der Waals surface area contributed by atoms with Crippen molar-refractivity contribution in [3.63, 3.8) is 0 Å².